The van der Waals surface area contributed by atoms with Crippen LogP contribution in [0, 0.1) is 13.8 Å². The van der Waals surface area contributed by atoms with E-state index < -0.39 is 5.97 Å². The molecule has 0 saturated heterocycles. The molecule has 0 bridgehead atoms. The van der Waals surface area contributed by atoms with E-state index in [4.69, 9.17) is 9.47 Å². The standard InChI is InChI=1S/C21H26N2O3/c1-6-23(4)14-22-19-12-11-18(20(25-5)16(19)3)21(24)26-13-17-9-7-15(2)8-10-17/h7-12,14H,6,13H2,1-5H3/b22-14+. The van der Waals surface area contributed by atoms with E-state index in [1.54, 1.807) is 25.6 Å². The molecular formula is C21H26N2O3. The van der Waals surface area contributed by atoms with Gasteiger partial charge in [0.25, 0.3) is 0 Å². The van der Waals surface area contributed by atoms with E-state index in [-0.39, 0.29) is 6.61 Å². The Morgan fingerprint density at radius 2 is 1.85 bits per heavy atom. The van der Waals surface area contributed by atoms with Crippen molar-refractivity contribution in [1.82, 2.24) is 4.90 Å². The van der Waals surface area contributed by atoms with Crippen LogP contribution in [0.15, 0.2) is 41.4 Å². The Balaban J connectivity index is 2.17. The number of esters is 1. The Labute approximate surface area is 155 Å². The van der Waals surface area contributed by atoms with Gasteiger partial charge in [-0.1, -0.05) is 29.8 Å². The van der Waals surface area contributed by atoms with E-state index in [9.17, 15) is 4.79 Å². The van der Waals surface area contributed by atoms with Gasteiger partial charge in [0.05, 0.1) is 19.1 Å². The van der Waals surface area contributed by atoms with Crippen molar-refractivity contribution in [1.29, 1.82) is 0 Å². The Hall–Kier alpha value is -2.82. The second kappa shape index (κ2) is 9.04. The minimum atomic E-state index is -0.410. The van der Waals surface area contributed by atoms with Crippen molar-refractivity contribution in [2.24, 2.45) is 4.99 Å². The molecule has 5 nitrogen and oxygen atoms in total. The number of ether oxygens (including phenoxy) is 2. The van der Waals surface area contributed by atoms with Gasteiger partial charge in [0.15, 0.2) is 0 Å². The Kier molecular flexibility index (Phi) is 6.78. The summed E-state index contributed by atoms with van der Waals surface area (Å²) in [7, 11) is 3.50. The van der Waals surface area contributed by atoms with Gasteiger partial charge < -0.3 is 14.4 Å². The summed E-state index contributed by atoms with van der Waals surface area (Å²) in [6.45, 7) is 7.04. The van der Waals surface area contributed by atoms with Crippen LogP contribution < -0.4 is 4.74 Å². The molecule has 0 aliphatic carbocycles. The van der Waals surface area contributed by atoms with E-state index in [1.165, 1.54) is 5.56 Å². The Morgan fingerprint density at radius 3 is 2.46 bits per heavy atom. The average molecular weight is 354 g/mol. The summed E-state index contributed by atoms with van der Waals surface area (Å²) < 4.78 is 10.9. The van der Waals surface area contributed by atoms with Gasteiger partial charge in [-0.15, -0.1) is 0 Å². The monoisotopic (exact) mass is 354 g/mol. The largest absolute Gasteiger partial charge is 0.495 e. The van der Waals surface area contributed by atoms with Gasteiger partial charge in [-0.25, -0.2) is 9.79 Å². The first-order chi connectivity index (χ1) is 12.5. The molecule has 2 aromatic rings. The van der Waals surface area contributed by atoms with Crippen LogP contribution in [0.5, 0.6) is 5.75 Å². The number of carbonyl (C=O) groups is 1. The molecule has 0 N–H and O–H groups in total. The van der Waals surface area contributed by atoms with Gasteiger partial charge in [0, 0.05) is 19.2 Å². The van der Waals surface area contributed by atoms with Gasteiger partial charge in [-0.3, -0.25) is 0 Å². The fourth-order valence-electron chi connectivity index (χ4n) is 2.40. The maximum atomic E-state index is 12.5. The molecule has 0 aliphatic heterocycles. The molecule has 0 heterocycles. The highest BCUT2D eigenvalue weighted by Gasteiger charge is 2.18. The van der Waals surface area contributed by atoms with E-state index in [0.29, 0.717) is 11.3 Å². The summed E-state index contributed by atoms with van der Waals surface area (Å²) in [5.74, 6) is 0.0828. The van der Waals surface area contributed by atoms with Crippen molar-refractivity contribution in [3.05, 3.63) is 58.7 Å². The van der Waals surface area contributed by atoms with Crippen molar-refractivity contribution in [3.8, 4) is 5.75 Å². The number of benzene rings is 2. The number of methoxy groups -OCH3 is 1. The third kappa shape index (κ3) is 4.85. The summed E-state index contributed by atoms with van der Waals surface area (Å²) in [6, 6.07) is 11.4. The lowest BCUT2D eigenvalue weighted by molar-refractivity contribution is 0.0469. The zero-order chi connectivity index (χ0) is 19.1. The summed E-state index contributed by atoms with van der Waals surface area (Å²) in [5.41, 5.74) is 4.08. The van der Waals surface area contributed by atoms with Crippen LogP contribution in [0.1, 0.15) is 34.0 Å². The average Bonchev–Trinajstić information content (AvgIpc) is 2.65. The molecule has 0 aromatic heterocycles. The number of hydrogen-bond acceptors (Lipinski definition) is 4. The molecule has 0 aliphatic rings. The smallest absolute Gasteiger partial charge is 0.342 e. The fourth-order valence-corrected chi connectivity index (χ4v) is 2.40. The molecule has 0 amide bonds. The quantitative estimate of drug-likeness (QED) is 0.423. The van der Waals surface area contributed by atoms with Crippen LogP contribution in [0.25, 0.3) is 0 Å². The van der Waals surface area contributed by atoms with Crippen LogP contribution in [0.3, 0.4) is 0 Å². The number of rotatable bonds is 7. The topological polar surface area (TPSA) is 51.1 Å². The number of nitrogens with zero attached hydrogens (tertiary/aromatic N) is 2. The highest BCUT2D eigenvalue weighted by atomic mass is 16.5. The molecular weight excluding hydrogens is 328 g/mol. The maximum Gasteiger partial charge on any atom is 0.342 e. The van der Waals surface area contributed by atoms with Crippen LogP contribution in [0.4, 0.5) is 5.69 Å². The zero-order valence-corrected chi connectivity index (χ0v) is 16.1. The molecule has 26 heavy (non-hydrogen) atoms. The normalized spacial score (nSPS) is 10.8. The van der Waals surface area contributed by atoms with E-state index in [0.717, 1.165) is 23.4 Å². The van der Waals surface area contributed by atoms with Crippen LogP contribution in [-0.4, -0.2) is 37.9 Å². The van der Waals surface area contributed by atoms with Gasteiger partial charge in [0.2, 0.25) is 0 Å². The molecule has 0 atom stereocenters. The maximum absolute atomic E-state index is 12.5. The summed E-state index contributed by atoms with van der Waals surface area (Å²) in [4.78, 5) is 18.9. The lowest BCUT2D eigenvalue weighted by atomic mass is 10.1. The molecule has 0 radical (unpaired) electrons. The number of hydrogen-bond donors (Lipinski definition) is 0. The molecule has 0 fully saturated rings. The van der Waals surface area contributed by atoms with Crippen molar-refractivity contribution in [2.75, 3.05) is 20.7 Å². The van der Waals surface area contributed by atoms with Crippen molar-refractivity contribution < 1.29 is 14.3 Å². The van der Waals surface area contributed by atoms with Crippen molar-refractivity contribution in [2.45, 2.75) is 27.4 Å². The molecule has 0 saturated carbocycles. The second-order valence-electron chi connectivity index (χ2n) is 6.17. The first-order valence-electron chi connectivity index (χ1n) is 8.61. The van der Waals surface area contributed by atoms with Gasteiger partial charge >= 0.3 is 5.97 Å². The molecule has 0 spiro atoms. The SMILES string of the molecule is CCN(C)/C=N/c1ccc(C(=O)OCc2ccc(C)cc2)c(OC)c1C. The number of carbonyl (C=O) groups excluding carboxylic acids is 1. The van der Waals surface area contributed by atoms with Crippen LogP contribution in [-0.2, 0) is 11.3 Å². The molecule has 0 unspecified atom stereocenters. The van der Waals surface area contributed by atoms with E-state index in [2.05, 4.69) is 4.99 Å². The van der Waals surface area contributed by atoms with Gasteiger partial charge in [-0.2, -0.15) is 0 Å². The highest BCUT2D eigenvalue weighted by molar-refractivity contribution is 5.94. The van der Waals surface area contributed by atoms with Crippen LogP contribution in [0.2, 0.25) is 0 Å². The third-order valence-electron chi connectivity index (χ3n) is 4.18. The third-order valence-corrected chi connectivity index (χ3v) is 4.18. The lowest BCUT2D eigenvalue weighted by Gasteiger charge is -2.14. The number of aliphatic imine (C=N–C) groups is 1. The molecule has 5 heteroatoms. The van der Waals surface area contributed by atoms with E-state index >= 15 is 0 Å². The first-order valence-corrected chi connectivity index (χ1v) is 8.61. The Bertz CT molecular complexity index is 783. The minimum Gasteiger partial charge on any atom is -0.495 e. The van der Waals surface area contributed by atoms with Gasteiger partial charge in [-0.05, 0) is 38.5 Å². The second-order valence-corrected chi connectivity index (χ2v) is 6.17. The fraction of sp³-hybridized carbons (Fsp3) is 0.333. The molecule has 2 aromatic carbocycles. The summed E-state index contributed by atoms with van der Waals surface area (Å²) in [5, 5.41) is 0. The minimum absolute atomic E-state index is 0.225. The van der Waals surface area contributed by atoms with Crippen LogP contribution >= 0.6 is 0 Å². The van der Waals surface area contributed by atoms with E-state index in [1.807, 2.05) is 57.0 Å². The summed E-state index contributed by atoms with van der Waals surface area (Å²) >= 11 is 0. The lowest BCUT2D eigenvalue weighted by Crippen LogP contribution is -2.14. The van der Waals surface area contributed by atoms with Crippen molar-refractivity contribution in [3.63, 3.8) is 0 Å². The van der Waals surface area contributed by atoms with Gasteiger partial charge in [0.1, 0.15) is 17.9 Å². The number of aryl methyl sites for hydroxylation is 1. The van der Waals surface area contributed by atoms with Crippen molar-refractivity contribution >= 4 is 18.0 Å². The molecule has 2 rings (SSSR count). The predicted molar refractivity (Wildman–Crippen MR) is 104 cm³/mol. The highest BCUT2D eigenvalue weighted by Crippen LogP contribution is 2.32. The Morgan fingerprint density at radius 1 is 1.15 bits per heavy atom. The zero-order valence-electron chi connectivity index (χ0n) is 16.1. The first kappa shape index (κ1) is 19.5. The summed E-state index contributed by atoms with van der Waals surface area (Å²) in [6.07, 6.45) is 1.76. The molecule has 138 valence electrons. The predicted octanol–water partition coefficient (Wildman–Crippen LogP) is 4.28.